The minimum Gasteiger partial charge on any atom is -0.495 e. The Balaban J connectivity index is 1.61. The molecule has 1 fully saturated rings. The molecule has 2 aromatic carbocycles. The van der Waals surface area contributed by atoms with Crippen LogP contribution in [0.1, 0.15) is 37.7 Å². The lowest BCUT2D eigenvalue weighted by Gasteiger charge is -2.20. The number of rotatable bonds is 8. The third kappa shape index (κ3) is 5.94. The van der Waals surface area contributed by atoms with Gasteiger partial charge in [-0.15, -0.1) is 0 Å². The standard InChI is InChI=1S/C23H29ClN2O5S/c1-30-21-16-20(22(31-2)15-19(21)24)25-23(27)12-9-17-7-10-18(11-8-17)32(28,29)26-13-5-3-4-6-14-26/h7-8,10-11,15-16H,3-6,9,12-14H2,1-2H3,(H,25,27). The number of anilines is 1. The summed E-state index contributed by atoms with van der Waals surface area (Å²) in [7, 11) is -0.483. The highest BCUT2D eigenvalue weighted by Gasteiger charge is 2.25. The van der Waals surface area contributed by atoms with Crippen molar-refractivity contribution in [2.24, 2.45) is 0 Å². The van der Waals surface area contributed by atoms with E-state index in [2.05, 4.69) is 5.32 Å². The van der Waals surface area contributed by atoms with E-state index in [0.717, 1.165) is 31.2 Å². The molecule has 7 nitrogen and oxygen atoms in total. The van der Waals surface area contributed by atoms with Gasteiger partial charge in [0, 0.05) is 31.6 Å². The smallest absolute Gasteiger partial charge is 0.243 e. The van der Waals surface area contributed by atoms with Crippen molar-refractivity contribution in [1.29, 1.82) is 0 Å². The number of sulfonamides is 1. The molecule has 3 rings (SSSR count). The zero-order chi connectivity index (χ0) is 23.1. The van der Waals surface area contributed by atoms with Crippen LogP contribution in [0.15, 0.2) is 41.3 Å². The summed E-state index contributed by atoms with van der Waals surface area (Å²) in [6, 6.07) is 9.98. The molecule has 1 N–H and O–H groups in total. The summed E-state index contributed by atoms with van der Waals surface area (Å²) < 4.78 is 37.8. The zero-order valence-corrected chi connectivity index (χ0v) is 20.0. The highest BCUT2D eigenvalue weighted by molar-refractivity contribution is 7.89. The summed E-state index contributed by atoms with van der Waals surface area (Å²) in [6.07, 6.45) is 4.64. The van der Waals surface area contributed by atoms with Crippen molar-refractivity contribution < 1.29 is 22.7 Å². The summed E-state index contributed by atoms with van der Waals surface area (Å²) in [5.41, 5.74) is 1.35. The van der Waals surface area contributed by atoms with Crippen molar-refractivity contribution in [1.82, 2.24) is 4.31 Å². The SMILES string of the molecule is COc1cc(NC(=O)CCc2ccc(S(=O)(=O)N3CCCCCC3)cc2)c(OC)cc1Cl. The predicted molar refractivity (Wildman–Crippen MR) is 125 cm³/mol. The Labute approximate surface area is 194 Å². The largest absolute Gasteiger partial charge is 0.495 e. The van der Waals surface area contributed by atoms with Crippen molar-refractivity contribution >= 4 is 33.2 Å². The third-order valence-electron chi connectivity index (χ3n) is 5.51. The van der Waals surface area contributed by atoms with Gasteiger partial charge < -0.3 is 14.8 Å². The first-order valence-electron chi connectivity index (χ1n) is 10.7. The highest BCUT2D eigenvalue weighted by Crippen LogP contribution is 2.36. The maximum atomic E-state index is 12.9. The fourth-order valence-corrected chi connectivity index (χ4v) is 5.44. The molecule has 0 aliphatic carbocycles. The van der Waals surface area contributed by atoms with Gasteiger partial charge in [0.2, 0.25) is 15.9 Å². The molecule has 0 unspecified atom stereocenters. The minimum atomic E-state index is -3.47. The first-order valence-corrected chi connectivity index (χ1v) is 12.5. The molecular weight excluding hydrogens is 452 g/mol. The van der Waals surface area contributed by atoms with Gasteiger partial charge in [0.1, 0.15) is 11.5 Å². The normalized spacial score (nSPS) is 15.1. The molecule has 0 radical (unpaired) electrons. The van der Waals surface area contributed by atoms with Gasteiger partial charge in [-0.2, -0.15) is 4.31 Å². The predicted octanol–water partition coefficient (Wildman–Crippen LogP) is 4.49. The summed E-state index contributed by atoms with van der Waals surface area (Å²) in [5, 5.41) is 3.20. The molecule has 1 saturated heterocycles. The first kappa shape index (κ1) is 24.4. The molecule has 2 aromatic rings. The number of ether oxygens (including phenoxy) is 2. The number of carbonyl (C=O) groups is 1. The van der Waals surface area contributed by atoms with Crippen LogP contribution in [-0.2, 0) is 21.2 Å². The maximum absolute atomic E-state index is 12.9. The number of aryl methyl sites for hydroxylation is 1. The van der Waals surface area contributed by atoms with Crippen LogP contribution in [0.25, 0.3) is 0 Å². The Morgan fingerprint density at radius 3 is 2.22 bits per heavy atom. The number of carbonyl (C=O) groups excluding carboxylic acids is 1. The van der Waals surface area contributed by atoms with Gasteiger partial charge in [-0.05, 0) is 37.0 Å². The van der Waals surface area contributed by atoms with E-state index >= 15 is 0 Å². The minimum absolute atomic E-state index is 0.200. The van der Waals surface area contributed by atoms with Crippen LogP contribution < -0.4 is 14.8 Å². The Hall–Kier alpha value is -2.29. The first-order chi connectivity index (χ1) is 15.3. The highest BCUT2D eigenvalue weighted by atomic mass is 35.5. The van der Waals surface area contributed by atoms with Crippen molar-refractivity contribution in [3.05, 3.63) is 47.0 Å². The number of nitrogens with zero attached hydrogens (tertiary/aromatic N) is 1. The Morgan fingerprint density at radius 1 is 1.00 bits per heavy atom. The average molecular weight is 481 g/mol. The topological polar surface area (TPSA) is 84.9 Å². The van der Waals surface area contributed by atoms with Crippen LogP contribution in [0.2, 0.25) is 5.02 Å². The quantitative estimate of drug-likeness (QED) is 0.601. The molecule has 32 heavy (non-hydrogen) atoms. The molecule has 0 saturated carbocycles. The molecule has 174 valence electrons. The second-order valence-electron chi connectivity index (χ2n) is 7.70. The summed E-state index contributed by atoms with van der Waals surface area (Å²) >= 11 is 6.10. The molecule has 1 aliphatic rings. The molecule has 0 atom stereocenters. The van der Waals surface area contributed by atoms with Crippen LogP contribution >= 0.6 is 11.6 Å². The lowest BCUT2D eigenvalue weighted by atomic mass is 10.1. The Bertz CT molecular complexity index is 1030. The fraction of sp³-hybridized carbons (Fsp3) is 0.435. The third-order valence-corrected chi connectivity index (χ3v) is 7.72. The number of benzene rings is 2. The van der Waals surface area contributed by atoms with E-state index in [9.17, 15) is 13.2 Å². The molecular formula is C23H29ClN2O5S. The van der Waals surface area contributed by atoms with Gasteiger partial charge in [-0.1, -0.05) is 36.6 Å². The van der Waals surface area contributed by atoms with Crippen molar-refractivity contribution in [3.8, 4) is 11.5 Å². The van der Waals surface area contributed by atoms with Crippen LogP contribution in [-0.4, -0.2) is 45.9 Å². The number of amides is 1. The van der Waals surface area contributed by atoms with E-state index in [4.69, 9.17) is 21.1 Å². The van der Waals surface area contributed by atoms with Gasteiger partial charge in [0.15, 0.2) is 0 Å². The maximum Gasteiger partial charge on any atom is 0.243 e. The van der Waals surface area contributed by atoms with Crippen molar-refractivity contribution in [2.75, 3.05) is 32.6 Å². The Kier molecular flexibility index (Phi) is 8.39. The lowest BCUT2D eigenvalue weighted by molar-refractivity contribution is -0.116. The second-order valence-corrected chi connectivity index (χ2v) is 10.0. The van der Waals surface area contributed by atoms with Crippen LogP contribution in [0, 0.1) is 0 Å². The zero-order valence-electron chi connectivity index (χ0n) is 18.4. The lowest BCUT2D eigenvalue weighted by Crippen LogP contribution is -2.31. The molecule has 1 heterocycles. The molecule has 1 aliphatic heterocycles. The summed E-state index contributed by atoms with van der Waals surface area (Å²) in [6.45, 7) is 1.15. The van der Waals surface area contributed by atoms with Crippen LogP contribution in [0.3, 0.4) is 0 Å². The van der Waals surface area contributed by atoms with E-state index in [1.807, 2.05) is 0 Å². The van der Waals surface area contributed by atoms with Gasteiger partial charge in [-0.3, -0.25) is 4.79 Å². The molecule has 0 spiro atoms. The molecule has 0 aromatic heterocycles. The number of hydrogen-bond acceptors (Lipinski definition) is 5. The second kappa shape index (κ2) is 11.0. The average Bonchev–Trinajstić information content (AvgIpc) is 3.09. The van der Waals surface area contributed by atoms with E-state index in [-0.39, 0.29) is 12.3 Å². The van der Waals surface area contributed by atoms with Crippen molar-refractivity contribution in [2.45, 2.75) is 43.4 Å². The number of nitrogens with one attached hydrogen (secondary N) is 1. The number of halogens is 1. The van der Waals surface area contributed by atoms with E-state index in [1.165, 1.54) is 14.2 Å². The molecule has 1 amide bonds. The molecule has 0 bridgehead atoms. The van der Waals surface area contributed by atoms with Gasteiger partial charge in [0.05, 0.1) is 29.8 Å². The summed E-state index contributed by atoms with van der Waals surface area (Å²) in [5.74, 6) is 0.671. The van der Waals surface area contributed by atoms with E-state index in [1.54, 1.807) is 40.7 Å². The van der Waals surface area contributed by atoms with Gasteiger partial charge in [0.25, 0.3) is 0 Å². The van der Waals surface area contributed by atoms with Crippen molar-refractivity contribution in [3.63, 3.8) is 0 Å². The number of methoxy groups -OCH3 is 2. The van der Waals surface area contributed by atoms with E-state index in [0.29, 0.717) is 46.6 Å². The van der Waals surface area contributed by atoms with E-state index < -0.39 is 10.0 Å². The molecule has 9 heteroatoms. The van der Waals surface area contributed by atoms with Gasteiger partial charge >= 0.3 is 0 Å². The van der Waals surface area contributed by atoms with Crippen LogP contribution in [0.4, 0.5) is 5.69 Å². The number of hydrogen-bond donors (Lipinski definition) is 1. The van der Waals surface area contributed by atoms with Gasteiger partial charge in [-0.25, -0.2) is 8.42 Å². The Morgan fingerprint density at radius 2 is 1.62 bits per heavy atom. The fourth-order valence-electron chi connectivity index (χ4n) is 3.69. The van der Waals surface area contributed by atoms with Crippen LogP contribution in [0.5, 0.6) is 11.5 Å². The summed E-state index contributed by atoms with van der Waals surface area (Å²) in [4.78, 5) is 12.8. The monoisotopic (exact) mass is 480 g/mol.